The van der Waals surface area contributed by atoms with Gasteiger partial charge in [-0.3, -0.25) is 4.79 Å². The Morgan fingerprint density at radius 2 is 1.94 bits per heavy atom. The number of aliphatic carboxylic acids is 1. The molecule has 0 aliphatic heterocycles. The highest BCUT2D eigenvalue weighted by molar-refractivity contribution is 7.10. The van der Waals surface area contributed by atoms with Crippen LogP contribution >= 0.6 is 11.3 Å². The second kappa shape index (κ2) is 6.36. The van der Waals surface area contributed by atoms with Crippen LogP contribution in [0.5, 0.6) is 0 Å². The molecular weight excluding hydrogens is 244 g/mol. The number of hydrogen-bond acceptors (Lipinski definition) is 2. The molecule has 0 amide bonds. The van der Waals surface area contributed by atoms with E-state index in [1.165, 1.54) is 16.9 Å². The first-order valence-corrected chi connectivity index (χ1v) is 6.95. The van der Waals surface area contributed by atoms with Gasteiger partial charge in [0.1, 0.15) is 0 Å². The molecule has 2 rings (SSSR count). The van der Waals surface area contributed by atoms with Crippen molar-refractivity contribution in [2.24, 2.45) is 0 Å². The second-order valence-corrected chi connectivity index (χ2v) is 5.26. The third-order valence-electron chi connectivity index (χ3n) is 2.99. The zero-order chi connectivity index (χ0) is 12.8. The molecule has 0 saturated carbocycles. The van der Waals surface area contributed by atoms with Crippen molar-refractivity contribution in [3.63, 3.8) is 0 Å². The summed E-state index contributed by atoms with van der Waals surface area (Å²) in [5.41, 5.74) is 1.27. The lowest BCUT2D eigenvalue weighted by Gasteiger charge is -2.10. The zero-order valence-electron chi connectivity index (χ0n) is 10.1. The zero-order valence-corrected chi connectivity index (χ0v) is 10.9. The number of benzene rings is 1. The molecule has 94 valence electrons. The summed E-state index contributed by atoms with van der Waals surface area (Å²) in [6.07, 6.45) is 2.54. The monoisotopic (exact) mass is 260 g/mol. The van der Waals surface area contributed by atoms with E-state index in [4.69, 9.17) is 0 Å². The fraction of sp³-hybridized carbons (Fsp3) is 0.267. The van der Waals surface area contributed by atoms with Crippen molar-refractivity contribution < 1.29 is 9.90 Å². The van der Waals surface area contributed by atoms with Crippen LogP contribution in [-0.4, -0.2) is 11.1 Å². The summed E-state index contributed by atoms with van der Waals surface area (Å²) >= 11 is 1.52. The van der Waals surface area contributed by atoms with Gasteiger partial charge >= 0.3 is 5.97 Å². The number of aryl methyl sites for hydroxylation is 1. The van der Waals surface area contributed by atoms with Crippen molar-refractivity contribution in [1.29, 1.82) is 0 Å². The summed E-state index contributed by atoms with van der Waals surface area (Å²) in [5.74, 6) is -1.07. The highest BCUT2D eigenvalue weighted by Gasteiger charge is 2.19. The molecule has 0 spiro atoms. The summed E-state index contributed by atoms with van der Waals surface area (Å²) in [5, 5.41) is 11.2. The Morgan fingerprint density at radius 3 is 2.56 bits per heavy atom. The highest BCUT2D eigenvalue weighted by atomic mass is 32.1. The topological polar surface area (TPSA) is 37.3 Å². The number of carbonyl (C=O) groups is 1. The molecule has 18 heavy (non-hydrogen) atoms. The van der Waals surface area contributed by atoms with Gasteiger partial charge in [0.2, 0.25) is 0 Å². The van der Waals surface area contributed by atoms with Gasteiger partial charge < -0.3 is 5.11 Å². The van der Waals surface area contributed by atoms with Gasteiger partial charge in [0.25, 0.3) is 0 Å². The van der Waals surface area contributed by atoms with Crippen LogP contribution < -0.4 is 0 Å². The molecule has 0 aliphatic carbocycles. The van der Waals surface area contributed by atoms with E-state index in [1.807, 2.05) is 35.7 Å². The summed E-state index contributed by atoms with van der Waals surface area (Å²) in [7, 11) is 0. The SMILES string of the molecule is O=C(O)C(CCCc1ccccc1)c1cccs1. The van der Waals surface area contributed by atoms with Crippen molar-refractivity contribution in [2.75, 3.05) is 0 Å². The van der Waals surface area contributed by atoms with Crippen LogP contribution in [0.2, 0.25) is 0 Å². The van der Waals surface area contributed by atoms with E-state index in [0.29, 0.717) is 6.42 Å². The molecular formula is C15H16O2S. The van der Waals surface area contributed by atoms with Crippen LogP contribution in [0, 0.1) is 0 Å². The summed E-state index contributed by atoms with van der Waals surface area (Å²) in [6.45, 7) is 0. The van der Waals surface area contributed by atoms with E-state index in [-0.39, 0.29) is 5.92 Å². The van der Waals surface area contributed by atoms with E-state index in [9.17, 15) is 9.90 Å². The summed E-state index contributed by atoms with van der Waals surface area (Å²) in [4.78, 5) is 12.2. The first kappa shape index (κ1) is 12.8. The minimum absolute atomic E-state index is 0.353. The Hall–Kier alpha value is -1.61. The molecule has 0 bridgehead atoms. The van der Waals surface area contributed by atoms with Gasteiger partial charge in [0, 0.05) is 4.88 Å². The van der Waals surface area contributed by atoms with E-state index < -0.39 is 5.97 Å². The maximum Gasteiger partial charge on any atom is 0.311 e. The number of rotatable bonds is 6. The fourth-order valence-corrected chi connectivity index (χ4v) is 2.89. The van der Waals surface area contributed by atoms with Gasteiger partial charge in [0.05, 0.1) is 5.92 Å². The Morgan fingerprint density at radius 1 is 1.17 bits per heavy atom. The normalized spacial score (nSPS) is 12.2. The number of thiophene rings is 1. The summed E-state index contributed by atoms with van der Waals surface area (Å²) < 4.78 is 0. The van der Waals surface area contributed by atoms with Crippen molar-refractivity contribution in [1.82, 2.24) is 0 Å². The highest BCUT2D eigenvalue weighted by Crippen LogP contribution is 2.26. The van der Waals surface area contributed by atoms with Gasteiger partial charge in [-0.15, -0.1) is 11.3 Å². The molecule has 2 nitrogen and oxygen atoms in total. The first-order valence-electron chi connectivity index (χ1n) is 6.07. The lowest BCUT2D eigenvalue weighted by Crippen LogP contribution is -2.10. The number of hydrogen-bond donors (Lipinski definition) is 1. The molecule has 1 unspecified atom stereocenters. The standard InChI is InChI=1S/C15H16O2S/c16-15(17)13(14-10-5-11-18-14)9-4-8-12-6-2-1-3-7-12/h1-3,5-7,10-11,13H,4,8-9H2,(H,16,17). The number of carboxylic acids is 1. The average Bonchev–Trinajstić information content (AvgIpc) is 2.89. The van der Waals surface area contributed by atoms with E-state index in [2.05, 4.69) is 12.1 Å². The second-order valence-electron chi connectivity index (χ2n) is 4.28. The summed E-state index contributed by atoms with van der Waals surface area (Å²) in [6, 6.07) is 14.0. The number of carboxylic acid groups (broad SMARTS) is 1. The Balaban J connectivity index is 1.89. The van der Waals surface area contributed by atoms with E-state index in [1.54, 1.807) is 0 Å². The average molecular weight is 260 g/mol. The predicted molar refractivity (Wildman–Crippen MR) is 74.1 cm³/mol. The lowest BCUT2D eigenvalue weighted by molar-refractivity contribution is -0.138. The third kappa shape index (κ3) is 3.44. The maximum absolute atomic E-state index is 11.2. The van der Waals surface area contributed by atoms with Crippen LogP contribution in [-0.2, 0) is 11.2 Å². The first-order chi connectivity index (χ1) is 8.77. The van der Waals surface area contributed by atoms with Gasteiger partial charge in [-0.05, 0) is 36.3 Å². The Labute approximate surface area is 111 Å². The molecule has 3 heteroatoms. The minimum Gasteiger partial charge on any atom is -0.481 e. The van der Waals surface area contributed by atoms with Crippen LogP contribution in [0.15, 0.2) is 47.8 Å². The van der Waals surface area contributed by atoms with Crippen LogP contribution in [0.3, 0.4) is 0 Å². The Bertz CT molecular complexity index is 476. The maximum atomic E-state index is 11.2. The molecule has 1 aromatic heterocycles. The lowest BCUT2D eigenvalue weighted by atomic mass is 9.98. The van der Waals surface area contributed by atoms with Crippen molar-refractivity contribution in [2.45, 2.75) is 25.2 Å². The molecule has 2 aromatic rings. The van der Waals surface area contributed by atoms with Crippen molar-refractivity contribution >= 4 is 17.3 Å². The largest absolute Gasteiger partial charge is 0.481 e. The van der Waals surface area contributed by atoms with Gasteiger partial charge in [-0.1, -0.05) is 36.4 Å². The smallest absolute Gasteiger partial charge is 0.311 e. The molecule has 1 N–H and O–H groups in total. The van der Waals surface area contributed by atoms with Crippen LogP contribution in [0.1, 0.15) is 29.2 Å². The van der Waals surface area contributed by atoms with Crippen molar-refractivity contribution in [3.05, 3.63) is 58.3 Å². The van der Waals surface area contributed by atoms with Crippen molar-refractivity contribution in [3.8, 4) is 0 Å². The van der Waals surface area contributed by atoms with E-state index in [0.717, 1.165) is 17.7 Å². The quantitative estimate of drug-likeness (QED) is 0.854. The molecule has 0 saturated heterocycles. The molecule has 1 aromatic carbocycles. The molecule has 0 aliphatic rings. The predicted octanol–water partition coefficient (Wildman–Crippen LogP) is 3.94. The Kier molecular flexibility index (Phi) is 4.53. The van der Waals surface area contributed by atoms with Crippen LogP contribution in [0.4, 0.5) is 0 Å². The van der Waals surface area contributed by atoms with Gasteiger partial charge in [0.15, 0.2) is 0 Å². The van der Waals surface area contributed by atoms with Gasteiger partial charge in [-0.2, -0.15) is 0 Å². The molecule has 1 atom stereocenters. The fourth-order valence-electron chi connectivity index (χ4n) is 2.03. The van der Waals surface area contributed by atoms with Crippen LogP contribution in [0.25, 0.3) is 0 Å². The molecule has 1 heterocycles. The molecule has 0 fully saturated rings. The minimum atomic E-state index is -0.717. The third-order valence-corrected chi connectivity index (χ3v) is 3.97. The van der Waals surface area contributed by atoms with Gasteiger partial charge in [-0.25, -0.2) is 0 Å². The molecule has 0 radical (unpaired) electrons. The van der Waals surface area contributed by atoms with E-state index >= 15 is 0 Å².